The van der Waals surface area contributed by atoms with Crippen LogP contribution in [0.1, 0.15) is 27.9 Å². The molecule has 0 spiro atoms. The first kappa shape index (κ1) is 28.6. The summed E-state index contributed by atoms with van der Waals surface area (Å²) in [5.74, 6) is 0.898. The minimum atomic E-state index is -0.476. The van der Waals surface area contributed by atoms with Crippen LogP contribution in [0.3, 0.4) is 0 Å². The average Bonchev–Trinajstić information content (AvgIpc) is 3.73. The van der Waals surface area contributed by atoms with Gasteiger partial charge in [-0.1, -0.05) is 18.2 Å². The number of methoxy groups -OCH3 is 1. The molecule has 0 radical (unpaired) electrons. The van der Waals surface area contributed by atoms with E-state index in [1.54, 1.807) is 41.3 Å². The van der Waals surface area contributed by atoms with Gasteiger partial charge in [-0.25, -0.2) is 4.68 Å². The topological polar surface area (TPSA) is 150 Å². The smallest absolute Gasteiger partial charge is 0.258 e. The third kappa shape index (κ3) is 6.61. The van der Waals surface area contributed by atoms with E-state index < -0.39 is 12.1 Å². The largest absolute Gasteiger partial charge is 0.493 e. The summed E-state index contributed by atoms with van der Waals surface area (Å²) in [6.07, 6.45) is 1.68. The van der Waals surface area contributed by atoms with E-state index in [1.165, 1.54) is 18.1 Å². The van der Waals surface area contributed by atoms with Crippen molar-refractivity contribution in [2.75, 3.05) is 26.8 Å². The van der Waals surface area contributed by atoms with Crippen LogP contribution in [0.5, 0.6) is 17.2 Å². The van der Waals surface area contributed by atoms with Gasteiger partial charge in [0.2, 0.25) is 5.91 Å². The molecular formula is C31H31N7O6. The Morgan fingerprint density at radius 3 is 2.50 bits per heavy atom. The standard InChI is InChI=1S/C31H31N7O6/c1-42-27-14-20-4-12-26(27)43-18-30(40)32-15-21-2-10-24(11-3-21)44-28-17-37(16-25(28)34-29(39)13-5-20)31(41)22-6-8-23(9-7-22)38-19-33-35-36-38/h2-4,6-12,14,19,25,28H,5,13,15-18H2,1H3,(H,32,40)(H,34,39)/t25-,28-/m0/s1. The molecule has 44 heavy (non-hydrogen) atoms. The van der Waals surface area contributed by atoms with E-state index in [1.807, 2.05) is 30.3 Å². The number of tetrazole rings is 1. The highest BCUT2D eigenvalue weighted by molar-refractivity contribution is 5.94. The zero-order valence-corrected chi connectivity index (χ0v) is 24.0. The minimum Gasteiger partial charge on any atom is -0.493 e. The van der Waals surface area contributed by atoms with Gasteiger partial charge in [-0.2, -0.15) is 0 Å². The number of rotatable bonds is 3. The van der Waals surface area contributed by atoms with E-state index in [0.717, 1.165) is 16.8 Å². The van der Waals surface area contributed by atoms with Gasteiger partial charge >= 0.3 is 0 Å². The van der Waals surface area contributed by atoms with Crippen molar-refractivity contribution in [1.82, 2.24) is 35.7 Å². The molecule has 5 aliphatic rings. The Morgan fingerprint density at radius 1 is 0.955 bits per heavy atom. The van der Waals surface area contributed by atoms with Gasteiger partial charge in [0.05, 0.1) is 25.4 Å². The van der Waals surface area contributed by atoms with Crippen molar-refractivity contribution in [3.05, 3.63) is 89.7 Å². The second kappa shape index (κ2) is 12.8. The number of ether oxygens (including phenoxy) is 3. The monoisotopic (exact) mass is 597 g/mol. The van der Waals surface area contributed by atoms with Gasteiger partial charge in [-0.3, -0.25) is 14.4 Å². The minimum absolute atomic E-state index is 0.163. The molecule has 4 bridgehead atoms. The summed E-state index contributed by atoms with van der Waals surface area (Å²) in [5, 5.41) is 17.1. The van der Waals surface area contributed by atoms with Crippen LogP contribution in [0.2, 0.25) is 0 Å². The van der Waals surface area contributed by atoms with Gasteiger partial charge in [0.25, 0.3) is 11.8 Å². The quantitative estimate of drug-likeness (QED) is 0.360. The second-order valence-corrected chi connectivity index (χ2v) is 10.5. The number of amides is 3. The van der Waals surface area contributed by atoms with E-state index in [2.05, 4.69) is 26.2 Å². The molecule has 2 atom stereocenters. The number of aromatic nitrogens is 4. The third-order valence-electron chi connectivity index (χ3n) is 7.56. The van der Waals surface area contributed by atoms with Crippen LogP contribution >= 0.6 is 0 Å². The summed E-state index contributed by atoms with van der Waals surface area (Å²) in [4.78, 5) is 40.7. The molecule has 1 aromatic heterocycles. The maximum atomic E-state index is 13.5. The summed E-state index contributed by atoms with van der Waals surface area (Å²) in [5.41, 5.74) is 2.98. The predicted molar refractivity (Wildman–Crippen MR) is 157 cm³/mol. The number of benzene rings is 3. The van der Waals surface area contributed by atoms with Crippen molar-refractivity contribution in [2.24, 2.45) is 0 Å². The number of hydrogen-bond acceptors (Lipinski definition) is 9. The maximum absolute atomic E-state index is 13.5. The Morgan fingerprint density at radius 2 is 1.75 bits per heavy atom. The van der Waals surface area contributed by atoms with Crippen LogP contribution in [0, 0.1) is 0 Å². The molecule has 1 saturated heterocycles. The van der Waals surface area contributed by atoms with Gasteiger partial charge < -0.3 is 29.7 Å². The lowest BCUT2D eigenvalue weighted by atomic mass is 10.1. The van der Waals surface area contributed by atoms with E-state index in [0.29, 0.717) is 35.8 Å². The Balaban J connectivity index is 1.21. The molecule has 3 aromatic carbocycles. The van der Waals surface area contributed by atoms with Crippen LogP contribution < -0.4 is 24.8 Å². The average molecular weight is 598 g/mol. The van der Waals surface area contributed by atoms with E-state index in [4.69, 9.17) is 14.2 Å². The molecule has 4 aromatic rings. The Labute approximate surface area is 253 Å². The summed E-state index contributed by atoms with van der Waals surface area (Å²) in [6.45, 7) is 0.721. The first-order valence-corrected chi connectivity index (χ1v) is 14.2. The number of carbonyl (C=O) groups is 3. The Bertz CT molecular complexity index is 1630. The molecule has 3 amide bonds. The van der Waals surface area contributed by atoms with Crippen molar-refractivity contribution < 1.29 is 28.6 Å². The number of nitrogens with zero attached hydrogens (tertiary/aromatic N) is 5. The van der Waals surface area contributed by atoms with E-state index in [-0.39, 0.29) is 43.8 Å². The molecule has 2 N–H and O–H groups in total. The number of carbonyl (C=O) groups excluding carboxylic acids is 3. The highest BCUT2D eigenvalue weighted by Crippen LogP contribution is 2.29. The van der Waals surface area contributed by atoms with Crippen molar-refractivity contribution >= 4 is 17.7 Å². The lowest BCUT2D eigenvalue weighted by molar-refractivity contribution is -0.123. The van der Waals surface area contributed by atoms with Gasteiger partial charge in [0.1, 0.15) is 18.2 Å². The summed E-state index contributed by atoms with van der Waals surface area (Å²) < 4.78 is 19.0. The molecule has 0 aliphatic carbocycles. The van der Waals surface area contributed by atoms with E-state index >= 15 is 0 Å². The molecule has 13 nitrogen and oxygen atoms in total. The summed E-state index contributed by atoms with van der Waals surface area (Å²) in [7, 11) is 1.52. The fourth-order valence-corrected chi connectivity index (χ4v) is 5.20. The van der Waals surface area contributed by atoms with Crippen molar-refractivity contribution in [1.29, 1.82) is 0 Å². The molecule has 6 heterocycles. The van der Waals surface area contributed by atoms with Crippen LogP contribution in [0.15, 0.2) is 73.1 Å². The highest BCUT2D eigenvalue weighted by Gasteiger charge is 2.38. The molecule has 0 saturated carbocycles. The number of nitrogens with one attached hydrogen (secondary N) is 2. The first-order valence-electron chi connectivity index (χ1n) is 14.2. The Hall–Kier alpha value is -5.46. The summed E-state index contributed by atoms with van der Waals surface area (Å²) in [6, 6.07) is 19.3. The highest BCUT2D eigenvalue weighted by atomic mass is 16.5. The van der Waals surface area contributed by atoms with Crippen LogP contribution in [0.4, 0.5) is 0 Å². The number of aryl methyl sites for hydroxylation is 1. The van der Waals surface area contributed by atoms with Gasteiger partial charge in [0, 0.05) is 25.1 Å². The zero-order chi connectivity index (χ0) is 30.5. The van der Waals surface area contributed by atoms with Gasteiger partial charge in [-0.15, -0.1) is 5.10 Å². The number of hydrogen-bond donors (Lipinski definition) is 2. The van der Waals surface area contributed by atoms with Crippen molar-refractivity contribution in [3.8, 4) is 22.9 Å². The lowest BCUT2D eigenvalue weighted by Gasteiger charge is -2.21. The van der Waals surface area contributed by atoms with E-state index in [9.17, 15) is 14.4 Å². The molecular weight excluding hydrogens is 566 g/mol. The molecule has 1 fully saturated rings. The molecule has 5 aliphatic heterocycles. The fraction of sp³-hybridized carbons (Fsp3) is 0.290. The van der Waals surface area contributed by atoms with Crippen LogP contribution in [-0.4, -0.2) is 81.8 Å². The van der Waals surface area contributed by atoms with Gasteiger partial charge in [-0.05, 0) is 76.5 Å². The van der Waals surface area contributed by atoms with Crippen molar-refractivity contribution in [3.63, 3.8) is 0 Å². The SMILES string of the molecule is COc1cc2ccc1OCC(=O)NCc1ccc(cc1)O[C@H]1CN(C(=O)c3ccc(-n4cnnn4)cc3)C[C@@H]1NC(=O)CC2. The molecule has 9 rings (SSSR count). The lowest BCUT2D eigenvalue weighted by Crippen LogP contribution is -2.45. The molecule has 226 valence electrons. The predicted octanol–water partition coefficient (Wildman–Crippen LogP) is 1.70. The van der Waals surface area contributed by atoms with Gasteiger partial charge in [0.15, 0.2) is 18.1 Å². The molecule has 0 unspecified atom stereocenters. The maximum Gasteiger partial charge on any atom is 0.258 e. The zero-order valence-electron chi connectivity index (χ0n) is 24.0. The molecule has 13 heteroatoms. The summed E-state index contributed by atoms with van der Waals surface area (Å²) >= 11 is 0. The first-order chi connectivity index (χ1) is 21.4. The number of likely N-dealkylation sites (tertiary alicyclic amines) is 1. The van der Waals surface area contributed by atoms with Crippen LogP contribution in [-0.2, 0) is 22.6 Å². The third-order valence-corrected chi connectivity index (χ3v) is 7.56. The van der Waals surface area contributed by atoms with Crippen LogP contribution in [0.25, 0.3) is 5.69 Å². The second-order valence-electron chi connectivity index (χ2n) is 10.5. The van der Waals surface area contributed by atoms with Crippen molar-refractivity contribution in [2.45, 2.75) is 31.5 Å². The Kier molecular flexibility index (Phi) is 8.34. The fourth-order valence-electron chi connectivity index (χ4n) is 5.20. The normalized spacial score (nSPS) is 18.9.